The van der Waals surface area contributed by atoms with Crippen LogP contribution < -0.4 is 0 Å². The van der Waals surface area contributed by atoms with Gasteiger partial charge in [0.25, 0.3) is 0 Å². The van der Waals surface area contributed by atoms with Crippen molar-refractivity contribution in [3.8, 4) is 0 Å². The normalized spacial score (nSPS) is 21.3. The zero-order valence-corrected chi connectivity index (χ0v) is 27.7. The lowest BCUT2D eigenvalue weighted by Crippen LogP contribution is -2.62. The van der Waals surface area contributed by atoms with Crippen LogP contribution in [-0.4, -0.2) is 49.3 Å². The SMILES string of the molecule is CC(=O)OC1O[C@H]([C@@H](COCc2ccccc2)OC(C)=O)[C@H](OCc2ccccc2)[C@@H](OCc2ccccc2)[C@H]1Cc1ccc(C)cc1. The summed E-state index contributed by atoms with van der Waals surface area (Å²) in [5.74, 6) is -1.45. The van der Waals surface area contributed by atoms with E-state index in [1.165, 1.54) is 13.8 Å². The molecule has 5 rings (SSSR count). The van der Waals surface area contributed by atoms with Gasteiger partial charge in [0.1, 0.15) is 12.2 Å². The summed E-state index contributed by atoms with van der Waals surface area (Å²) in [4.78, 5) is 25.0. The summed E-state index contributed by atoms with van der Waals surface area (Å²) in [6.45, 7) is 5.59. The Labute approximate surface area is 282 Å². The lowest BCUT2D eigenvalue weighted by Gasteiger charge is -2.47. The van der Waals surface area contributed by atoms with E-state index in [-0.39, 0.29) is 19.8 Å². The number of carbonyl (C=O) groups is 2. The van der Waals surface area contributed by atoms with E-state index in [1.807, 2.05) is 110 Å². The molecule has 0 spiro atoms. The summed E-state index contributed by atoms with van der Waals surface area (Å²) < 4.78 is 38.0. The van der Waals surface area contributed by atoms with Gasteiger partial charge in [0.05, 0.1) is 38.4 Å². The summed E-state index contributed by atoms with van der Waals surface area (Å²) in [5, 5.41) is 0. The second-order valence-electron chi connectivity index (χ2n) is 12.1. The minimum Gasteiger partial charge on any atom is -0.457 e. The van der Waals surface area contributed by atoms with E-state index in [2.05, 4.69) is 12.1 Å². The molecule has 6 atom stereocenters. The summed E-state index contributed by atoms with van der Waals surface area (Å²) in [5.41, 5.74) is 5.07. The molecule has 4 aromatic rings. The zero-order chi connectivity index (χ0) is 33.7. The fraction of sp³-hybridized carbons (Fsp3) is 0.350. The molecule has 1 aliphatic heterocycles. The van der Waals surface area contributed by atoms with Crippen molar-refractivity contribution in [3.63, 3.8) is 0 Å². The van der Waals surface area contributed by atoms with Crippen molar-refractivity contribution in [2.24, 2.45) is 5.92 Å². The Morgan fingerprint density at radius 1 is 0.646 bits per heavy atom. The number of hydrogen-bond acceptors (Lipinski definition) is 8. The molecular formula is C40H44O8. The van der Waals surface area contributed by atoms with Crippen molar-refractivity contribution in [1.82, 2.24) is 0 Å². The molecule has 1 fully saturated rings. The highest BCUT2D eigenvalue weighted by Crippen LogP contribution is 2.37. The molecule has 0 amide bonds. The zero-order valence-electron chi connectivity index (χ0n) is 27.7. The molecule has 1 aliphatic rings. The number of aryl methyl sites for hydroxylation is 1. The average molecular weight is 653 g/mol. The van der Waals surface area contributed by atoms with Crippen molar-refractivity contribution in [2.75, 3.05) is 6.61 Å². The summed E-state index contributed by atoms with van der Waals surface area (Å²) in [7, 11) is 0. The number of carbonyl (C=O) groups excluding carboxylic acids is 2. The van der Waals surface area contributed by atoms with Crippen LogP contribution >= 0.6 is 0 Å². The molecule has 0 saturated carbocycles. The van der Waals surface area contributed by atoms with E-state index in [1.54, 1.807) is 0 Å². The fourth-order valence-electron chi connectivity index (χ4n) is 5.92. The Bertz CT molecular complexity index is 1540. The fourth-order valence-corrected chi connectivity index (χ4v) is 5.92. The number of benzene rings is 4. The highest BCUT2D eigenvalue weighted by molar-refractivity contribution is 5.66. The van der Waals surface area contributed by atoms with Crippen LogP contribution in [0, 0.1) is 12.8 Å². The molecular weight excluding hydrogens is 608 g/mol. The van der Waals surface area contributed by atoms with Crippen LogP contribution in [0.2, 0.25) is 0 Å². The van der Waals surface area contributed by atoms with Gasteiger partial charge in [-0.1, -0.05) is 121 Å². The highest BCUT2D eigenvalue weighted by atomic mass is 16.7. The second-order valence-corrected chi connectivity index (χ2v) is 12.1. The Kier molecular flexibility index (Phi) is 12.9. The highest BCUT2D eigenvalue weighted by Gasteiger charge is 2.52. The quantitative estimate of drug-likeness (QED) is 0.130. The largest absolute Gasteiger partial charge is 0.457 e. The molecule has 1 saturated heterocycles. The molecule has 8 heteroatoms. The van der Waals surface area contributed by atoms with E-state index < -0.39 is 48.6 Å². The van der Waals surface area contributed by atoms with Gasteiger partial charge < -0.3 is 28.4 Å². The third-order valence-electron chi connectivity index (χ3n) is 8.23. The van der Waals surface area contributed by atoms with E-state index in [0.29, 0.717) is 13.0 Å². The number of hydrogen-bond donors (Lipinski definition) is 0. The minimum absolute atomic E-state index is 0.0190. The second kappa shape index (κ2) is 17.7. The summed E-state index contributed by atoms with van der Waals surface area (Å²) >= 11 is 0. The number of esters is 2. The van der Waals surface area contributed by atoms with Crippen molar-refractivity contribution < 1.29 is 38.0 Å². The van der Waals surface area contributed by atoms with Gasteiger partial charge in [-0.25, -0.2) is 0 Å². The van der Waals surface area contributed by atoms with Gasteiger partial charge in [-0.3, -0.25) is 9.59 Å². The van der Waals surface area contributed by atoms with Gasteiger partial charge in [0.15, 0.2) is 6.10 Å². The first-order valence-corrected chi connectivity index (χ1v) is 16.3. The molecule has 1 unspecified atom stereocenters. The van der Waals surface area contributed by atoms with Gasteiger partial charge >= 0.3 is 11.9 Å². The predicted molar refractivity (Wildman–Crippen MR) is 180 cm³/mol. The molecule has 0 radical (unpaired) electrons. The molecule has 4 aromatic carbocycles. The van der Waals surface area contributed by atoms with Crippen molar-refractivity contribution in [2.45, 2.75) is 77.7 Å². The van der Waals surface area contributed by atoms with E-state index in [9.17, 15) is 9.59 Å². The Balaban J connectivity index is 1.52. The van der Waals surface area contributed by atoms with E-state index in [0.717, 1.165) is 27.8 Å². The molecule has 0 bridgehead atoms. The first kappa shape index (κ1) is 35.0. The van der Waals surface area contributed by atoms with Crippen LogP contribution in [0.4, 0.5) is 0 Å². The van der Waals surface area contributed by atoms with Crippen LogP contribution in [0.3, 0.4) is 0 Å². The lowest BCUT2D eigenvalue weighted by atomic mass is 9.84. The Hall–Kier alpha value is -4.34. The standard InChI is InChI=1S/C40H44O8/c1-28-19-21-31(22-20-28)23-35-37(44-25-33-15-9-5-10-16-33)39(45-26-34-17-11-6-12-18-34)38(48-40(35)47-30(3)42)36(46-29(2)41)27-43-24-32-13-7-4-8-14-32/h4-22,35-40H,23-27H2,1-3H3/t35-,36-,37+,38-,39-,40?/m1/s1. The maximum Gasteiger partial charge on any atom is 0.304 e. The number of ether oxygens (including phenoxy) is 6. The van der Waals surface area contributed by atoms with Crippen LogP contribution in [0.15, 0.2) is 115 Å². The third kappa shape index (κ3) is 10.3. The predicted octanol–water partition coefficient (Wildman–Crippen LogP) is 6.76. The monoisotopic (exact) mass is 652 g/mol. The van der Waals surface area contributed by atoms with Crippen LogP contribution in [0.25, 0.3) is 0 Å². The maximum atomic E-state index is 12.5. The summed E-state index contributed by atoms with van der Waals surface area (Å²) in [6.07, 6.45) is -3.69. The smallest absolute Gasteiger partial charge is 0.304 e. The van der Waals surface area contributed by atoms with Crippen LogP contribution in [0.5, 0.6) is 0 Å². The first-order chi connectivity index (χ1) is 23.4. The maximum absolute atomic E-state index is 12.5. The molecule has 0 N–H and O–H groups in total. The van der Waals surface area contributed by atoms with Crippen LogP contribution in [-0.2, 0) is 64.3 Å². The Morgan fingerprint density at radius 2 is 1.17 bits per heavy atom. The first-order valence-electron chi connectivity index (χ1n) is 16.3. The van der Waals surface area contributed by atoms with Gasteiger partial charge in [-0.2, -0.15) is 0 Å². The molecule has 48 heavy (non-hydrogen) atoms. The topological polar surface area (TPSA) is 89.5 Å². The minimum atomic E-state index is -1.02. The van der Waals surface area contributed by atoms with Gasteiger partial charge in [-0.15, -0.1) is 0 Å². The average Bonchev–Trinajstić information content (AvgIpc) is 3.09. The molecule has 0 aliphatic carbocycles. The van der Waals surface area contributed by atoms with Crippen molar-refractivity contribution >= 4 is 11.9 Å². The third-order valence-corrected chi connectivity index (χ3v) is 8.23. The van der Waals surface area contributed by atoms with Crippen molar-refractivity contribution in [3.05, 3.63) is 143 Å². The molecule has 0 aromatic heterocycles. The van der Waals surface area contributed by atoms with Gasteiger partial charge in [0, 0.05) is 13.8 Å². The summed E-state index contributed by atoms with van der Waals surface area (Å²) in [6, 6.07) is 37.6. The van der Waals surface area contributed by atoms with Gasteiger partial charge in [-0.05, 0) is 35.6 Å². The van der Waals surface area contributed by atoms with E-state index in [4.69, 9.17) is 28.4 Å². The molecule has 252 valence electrons. The Morgan fingerprint density at radius 3 is 1.69 bits per heavy atom. The lowest BCUT2D eigenvalue weighted by molar-refractivity contribution is -0.307. The number of rotatable bonds is 15. The molecule has 8 nitrogen and oxygen atoms in total. The van der Waals surface area contributed by atoms with Crippen LogP contribution in [0.1, 0.15) is 41.7 Å². The molecule has 1 heterocycles. The van der Waals surface area contributed by atoms with Gasteiger partial charge in [0.2, 0.25) is 6.29 Å². The van der Waals surface area contributed by atoms with E-state index >= 15 is 0 Å². The van der Waals surface area contributed by atoms with Crippen molar-refractivity contribution in [1.29, 1.82) is 0 Å².